The molecule has 1 fully saturated rings. The van der Waals surface area contributed by atoms with Gasteiger partial charge in [0.15, 0.2) is 0 Å². The largest absolute Gasteiger partial charge is 0.351 e. The smallest absolute Gasteiger partial charge is 0.223 e. The van der Waals surface area contributed by atoms with E-state index in [1.165, 1.54) is 29.8 Å². The van der Waals surface area contributed by atoms with Crippen molar-refractivity contribution in [1.82, 2.24) is 15.3 Å². The molecular formula is C12H18N4. The van der Waals surface area contributed by atoms with Gasteiger partial charge in [-0.05, 0) is 37.8 Å². The summed E-state index contributed by atoms with van der Waals surface area (Å²) in [6.07, 6.45) is 4.60. The van der Waals surface area contributed by atoms with Crippen LogP contribution in [0.1, 0.15) is 36.7 Å². The highest BCUT2D eigenvalue weighted by Gasteiger charge is 2.23. The first-order valence-corrected chi connectivity index (χ1v) is 6.22. The van der Waals surface area contributed by atoms with Crippen molar-refractivity contribution in [1.29, 1.82) is 0 Å². The molecule has 4 nitrogen and oxygen atoms in total. The van der Waals surface area contributed by atoms with Gasteiger partial charge in [-0.25, -0.2) is 9.97 Å². The Morgan fingerprint density at radius 1 is 1.38 bits per heavy atom. The van der Waals surface area contributed by atoms with E-state index in [9.17, 15) is 0 Å². The third-order valence-electron chi connectivity index (χ3n) is 3.27. The van der Waals surface area contributed by atoms with E-state index in [0.29, 0.717) is 6.04 Å². The summed E-state index contributed by atoms with van der Waals surface area (Å²) in [7, 11) is 0. The van der Waals surface area contributed by atoms with Crippen molar-refractivity contribution in [3.05, 3.63) is 17.0 Å². The molecule has 1 aliphatic heterocycles. The molecule has 0 amide bonds. The molecule has 1 aliphatic carbocycles. The van der Waals surface area contributed by atoms with E-state index in [0.717, 1.165) is 31.9 Å². The fraction of sp³-hybridized carbons (Fsp3) is 0.667. The van der Waals surface area contributed by atoms with Gasteiger partial charge in [0.2, 0.25) is 5.95 Å². The highest BCUT2D eigenvalue weighted by atomic mass is 15.1. The van der Waals surface area contributed by atoms with E-state index < -0.39 is 0 Å². The van der Waals surface area contributed by atoms with Crippen LogP contribution in [0.4, 0.5) is 5.95 Å². The molecule has 2 heterocycles. The number of hydrogen-bond donors (Lipinski definition) is 2. The van der Waals surface area contributed by atoms with Crippen LogP contribution in [0.2, 0.25) is 0 Å². The van der Waals surface area contributed by atoms with Crippen molar-refractivity contribution < 1.29 is 0 Å². The maximum atomic E-state index is 4.63. The summed E-state index contributed by atoms with van der Waals surface area (Å²) in [5, 5.41) is 6.76. The number of aryl methyl sites for hydroxylation is 1. The van der Waals surface area contributed by atoms with E-state index >= 15 is 0 Å². The fourth-order valence-electron chi connectivity index (χ4n) is 2.20. The Balaban J connectivity index is 1.94. The van der Waals surface area contributed by atoms with Crippen LogP contribution in [0, 0.1) is 0 Å². The van der Waals surface area contributed by atoms with Crippen molar-refractivity contribution in [3.8, 4) is 0 Å². The van der Waals surface area contributed by atoms with Crippen LogP contribution in [0.15, 0.2) is 0 Å². The molecule has 1 saturated carbocycles. The van der Waals surface area contributed by atoms with E-state index in [1.54, 1.807) is 0 Å². The Morgan fingerprint density at radius 3 is 3.00 bits per heavy atom. The lowest BCUT2D eigenvalue weighted by Crippen LogP contribution is -2.27. The lowest BCUT2D eigenvalue weighted by molar-refractivity contribution is 0.616. The van der Waals surface area contributed by atoms with Gasteiger partial charge in [0.25, 0.3) is 0 Å². The topological polar surface area (TPSA) is 49.8 Å². The Hall–Kier alpha value is -1.16. The Labute approximate surface area is 95.9 Å². The second-order valence-electron chi connectivity index (χ2n) is 4.62. The van der Waals surface area contributed by atoms with Gasteiger partial charge in [-0.3, -0.25) is 0 Å². The summed E-state index contributed by atoms with van der Waals surface area (Å²) >= 11 is 0. The van der Waals surface area contributed by atoms with Gasteiger partial charge < -0.3 is 10.6 Å². The van der Waals surface area contributed by atoms with Crippen LogP contribution in [0.3, 0.4) is 0 Å². The van der Waals surface area contributed by atoms with Crippen LogP contribution >= 0.6 is 0 Å². The highest BCUT2D eigenvalue weighted by Crippen LogP contribution is 2.24. The molecule has 1 aromatic heterocycles. The second kappa shape index (κ2) is 4.01. The van der Waals surface area contributed by atoms with Crippen molar-refractivity contribution >= 4 is 5.95 Å². The summed E-state index contributed by atoms with van der Waals surface area (Å²) in [5.41, 5.74) is 3.80. The molecule has 0 atom stereocenters. The Morgan fingerprint density at radius 2 is 2.25 bits per heavy atom. The number of nitrogens with zero attached hydrogens (tertiary/aromatic N) is 2. The van der Waals surface area contributed by atoms with Crippen LogP contribution < -0.4 is 10.6 Å². The van der Waals surface area contributed by atoms with E-state index in [2.05, 4.69) is 27.5 Å². The lowest BCUT2D eigenvalue weighted by Gasteiger charge is -2.19. The zero-order valence-electron chi connectivity index (χ0n) is 9.71. The molecule has 0 aromatic carbocycles. The standard InChI is InChI=1S/C12H18N4/c1-2-10-9-5-6-13-7-11(9)16-12(15-10)14-8-3-4-8/h8,13H,2-7H2,1H3,(H,14,15,16). The van der Waals surface area contributed by atoms with E-state index in [1.807, 2.05) is 0 Å². The minimum atomic E-state index is 0.624. The van der Waals surface area contributed by atoms with Gasteiger partial charge in [0.05, 0.1) is 5.69 Å². The monoisotopic (exact) mass is 218 g/mol. The SMILES string of the molecule is CCc1nc(NC2CC2)nc2c1CCNC2. The molecule has 1 aromatic rings. The first kappa shape index (κ1) is 10.0. The molecule has 3 rings (SSSR count). The molecule has 0 unspecified atom stereocenters. The van der Waals surface area contributed by atoms with Gasteiger partial charge in [0, 0.05) is 18.3 Å². The van der Waals surface area contributed by atoms with Gasteiger partial charge in [0.1, 0.15) is 0 Å². The lowest BCUT2D eigenvalue weighted by atomic mass is 10.0. The minimum absolute atomic E-state index is 0.624. The molecule has 86 valence electrons. The number of hydrogen-bond acceptors (Lipinski definition) is 4. The maximum Gasteiger partial charge on any atom is 0.223 e. The third-order valence-corrected chi connectivity index (χ3v) is 3.27. The number of nitrogens with one attached hydrogen (secondary N) is 2. The molecule has 2 aliphatic rings. The predicted molar refractivity (Wildman–Crippen MR) is 63.5 cm³/mol. The maximum absolute atomic E-state index is 4.63. The molecule has 0 spiro atoms. The normalized spacial score (nSPS) is 19.3. The zero-order chi connectivity index (χ0) is 11.0. The van der Waals surface area contributed by atoms with Crippen molar-refractivity contribution in [2.75, 3.05) is 11.9 Å². The molecule has 16 heavy (non-hydrogen) atoms. The Bertz CT molecular complexity index is 381. The molecule has 0 radical (unpaired) electrons. The molecule has 0 bridgehead atoms. The van der Waals surface area contributed by atoms with E-state index in [-0.39, 0.29) is 0 Å². The number of fused-ring (bicyclic) bond motifs is 1. The highest BCUT2D eigenvalue weighted by molar-refractivity contribution is 5.37. The van der Waals surface area contributed by atoms with Crippen LogP contribution in [-0.4, -0.2) is 22.6 Å². The summed E-state index contributed by atoms with van der Waals surface area (Å²) in [5.74, 6) is 0.835. The van der Waals surface area contributed by atoms with Gasteiger partial charge in [-0.2, -0.15) is 0 Å². The van der Waals surface area contributed by atoms with Crippen LogP contribution in [-0.2, 0) is 19.4 Å². The number of anilines is 1. The Kier molecular flexibility index (Phi) is 2.52. The summed E-state index contributed by atoms with van der Waals surface area (Å²) in [4.78, 5) is 9.25. The summed E-state index contributed by atoms with van der Waals surface area (Å²) in [6, 6.07) is 0.624. The minimum Gasteiger partial charge on any atom is -0.351 e. The number of aromatic nitrogens is 2. The fourth-order valence-corrected chi connectivity index (χ4v) is 2.20. The van der Waals surface area contributed by atoms with Crippen molar-refractivity contribution in [2.45, 2.75) is 45.2 Å². The molecule has 4 heteroatoms. The van der Waals surface area contributed by atoms with Crippen molar-refractivity contribution in [3.63, 3.8) is 0 Å². The van der Waals surface area contributed by atoms with E-state index in [4.69, 9.17) is 0 Å². The zero-order valence-corrected chi connectivity index (χ0v) is 9.71. The summed E-state index contributed by atoms with van der Waals surface area (Å²) in [6.45, 7) is 4.12. The predicted octanol–water partition coefficient (Wildman–Crippen LogP) is 1.26. The van der Waals surface area contributed by atoms with Gasteiger partial charge in [-0.15, -0.1) is 0 Å². The first-order valence-electron chi connectivity index (χ1n) is 6.22. The third kappa shape index (κ3) is 1.89. The van der Waals surface area contributed by atoms with Gasteiger partial charge in [-0.1, -0.05) is 6.92 Å². The first-order chi connectivity index (χ1) is 7.86. The molecular weight excluding hydrogens is 200 g/mol. The average molecular weight is 218 g/mol. The second-order valence-corrected chi connectivity index (χ2v) is 4.62. The summed E-state index contributed by atoms with van der Waals surface area (Å²) < 4.78 is 0. The molecule has 0 saturated heterocycles. The van der Waals surface area contributed by atoms with Crippen molar-refractivity contribution in [2.24, 2.45) is 0 Å². The number of rotatable bonds is 3. The van der Waals surface area contributed by atoms with Gasteiger partial charge >= 0.3 is 0 Å². The average Bonchev–Trinajstić information content (AvgIpc) is 3.12. The molecule has 2 N–H and O–H groups in total. The van der Waals surface area contributed by atoms with Crippen LogP contribution in [0.5, 0.6) is 0 Å². The van der Waals surface area contributed by atoms with Crippen LogP contribution in [0.25, 0.3) is 0 Å². The quantitative estimate of drug-likeness (QED) is 0.802.